The van der Waals surface area contributed by atoms with Gasteiger partial charge >= 0.3 is 0 Å². The molecule has 0 spiro atoms. The molecule has 0 fully saturated rings. The van der Waals surface area contributed by atoms with E-state index in [0.29, 0.717) is 6.54 Å². The standard InChI is InChI=1S/C12H19NO/c1-9-6-5-7-11(10(9)2)12(14)8-13(3)4/h5-7,12,14H,8H2,1-4H3. The van der Waals surface area contributed by atoms with Crippen LogP contribution in [0, 0.1) is 13.8 Å². The van der Waals surface area contributed by atoms with Crippen LogP contribution in [0.4, 0.5) is 0 Å². The van der Waals surface area contributed by atoms with Gasteiger partial charge in [-0.25, -0.2) is 0 Å². The summed E-state index contributed by atoms with van der Waals surface area (Å²) in [6.45, 7) is 4.80. The topological polar surface area (TPSA) is 23.5 Å². The van der Waals surface area contributed by atoms with E-state index < -0.39 is 0 Å². The number of aryl methyl sites for hydroxylation is 1. The van der Waals surface area contributed by atoms with E-state index in [1.165, 1.54) is 11.1 Å². The van der Waals surface area contributed by atoms with Crippen LogP contribution in [-0.2, 0) is 0 Å². The van der Waals surface area contributed by atoms with E-state index in [1.807, 2.05) is 31.1 Å². The van der Waals surface area contributed by atoms with Gasteiger partial charge in [-0.1, -0.05) is 18.2 Å². The number of nitrogens with zero attached hydrogens (tertiary/aromatic N) is 1. The zero-order valence-electron chi connectivity index (χ0n) is 9.41. The first-order chi connectivity index (χ1) is 6.52. The van der Waals surface area contributed by atoms with Gasteiger partial charge in [0.1, 0.15) is 0 Å². The molecule has 0 saturated carbocycles. The summed E-state index contributed by atoms with van der Waals surface area (Å²) in [6.07, 6.45) is -0.384. The van der Waals surface area contributed by atoms with Crippen LogP contribution in [0.3, 0.4) is 0 Å². The highest BCUT2D eigenvalue weighted by Crippen LogP contribution is 2.20. The van der Waals surface area contributed by atoms with E-state index >= 15 is 0 Å². The monoisotopic (exact) mass is 193 g/mol. The minimum absolute atomic E-state index is 0.384. The molecule has 14 heavy (non-hydrogen) atoms. The molecular weight excluding hydrogens is 174 g/mol. The Morgan fingerprint density at radius 1 is 1.29 bits per heavy atom. The third-order valence-electron chi connectivity index (χ3n) is 2.54. The van der Waals surface area contributed by atoms with Crippen molar-refractivity contribution in [3.05, 3.63) is 34.9 Å². The maximum absolute atomic E-state index is 9.95. The fraction of sp³-hybridized carbons (Fsp3) is 0.500. The molecule has 2 nitrogen and oxygen atoms in total. The Morgan fingerprint density at radius 3 is 2.50 bits per heavy atom. The highest BCUT2D eigenvalue weighted by Gasteiger charge is 2.11. The summed E-state index contributed by atoms with van der Waals surface area (Å²) < 4.78 is 0. The summed E-state index contributed by atoms with van der Waals surface area (Å²) >= 11 is 0. The first kappa shape index (κ1) is 11.2. The van der Waals surface area contributed by atoms with Gasteiger partial charge in [0, 0.05) is 6.54 Å². The van der Waals surface area contributed by atoms with E-state index in [-0.39, 0.29) is 6.10 Å². The number of aliphatic hydroxyl groups excluding tert-OH is 1. The molecule has 0 heterocycles. The molecule has 1 unspecified atom stereocenters. The molecule has 0 aliphatic heterocycles. The molecule has 1 rings (SSSR count). The van der Waals surface area contributed by atoms with Gasteiger partial charge in [0.05, 0.1) is 6.10 Å². The van der Waals surface area contributed by atoms with Crippen molar-refractivity contribution in [2.75, 3.05) is 20.6 Å². The Hall–Kier alpha value is -0.860. The molecule has 1 atom stereocenters. The number of aliphatic hydroxyl groups is 1. The lowest BCUT2D eigenvalue weighted by molar-refractivity contribution is 0.138. The number of benzene rings is 1. The van der Waals surface area contributed by atoms with E-state index in [1.54, 1.807) is 0 Å². The highest BCUT2D eigenvalue weighted by molar-refractivity contribution is 5.34. The van der Waals surface area contributed by atoms with Crippen LogP contribution in [0.15, 0.2) is 18.2 Å². The summed E-state index contributed by atoms with van der Waals surface area (Å²) in [7, 11) is 3.93. The number of rotatable bonds is 3. The van der Waals surface area contributed by atoms with Crippen LogP contribution in [0.1, 0.15) is 22.8 Å². The van der Waals surface area contributed by atoms with Crippen LogP contribution in [0.2, 0.25) is 0 Å². The molecule has 0 aromatic heterocycles. The predicted molar refractivity (Wildman–Crippen MR) is 59.4 cm³/mol. The quantitative estimate of drug-likeness (QED) is 0.792. The van der Waals surface area contributed by atoms with Gasteiger partial charge in [-0.3, -0.25) is 0 Å². The SMILES string of the molecule is Cc1cccc(C(O)CN(C)C)c1C. The Kier molecular flexibility index (Phi) is 3.67. The summed E-state index contributed by atoms with van der Waals surface area (Å²) in [6, 6.07) is 6.06. The van der Waals surface area contributed by atoms with Gasteiger partial charge in [-0.2, -0.15) is 0 Å². The smallest absolute Gasteiger partial charge is 0.0919 e. The van der Waals surface area contributed by atoms with Gasteiger partial charge in [-0.15, -0.1) is 0 Å². The zero-order valence-corrected chi connectivity index (χ0v) is 9.41. The summed E-state index contributed by atoms with van der Waals surface area (Å²) in [5, 5.41) is 9.95. The summed E-state index contributed by atoms with van der Waals surface area (Å²) in [5.74, 6) is 0. The van der Waals surface area contributed by atoms with Crippen molar-refractivity contribution >= 4 is 0 Å². The largest absolute Gasteiger partial charge is 0.387 e. The van der Waals surface area contributed by atoms with Crippen LogP contribution in [0.25, 0.3) is 0 Å². The van der Waals surface area contributed by atoms with Crippen molar-refractivity contribution in [3.63, 3.8) is 0 Å². The van der Waals surface area contributed by atoms with Gasteiger partial charge in [0.15, 0.2) is 0 Å². The van der Waals surface area contributed by atoms with Gasteiger partial charge < -0.3 is 10.0 Å². The molecule has 0 amide bonds. The van der Waals surface area contributed by atoms with Crippen molar-refractivity contribution < 1.29 is 5.11 Å². The van der Waals surface area contributed by atoms with E-state index in [4.69, 9.17) is 0 Å². The maximum Gasteiger partial charge on any atom is 0.0919 e. The Labute approximate surface area is 86.2 Å². The minimum Gasteiger partial charge on any atom is -0.387 e. The van der Waals surface area contributed by atoms with Crippen LogP contribution in [0.5, 0.6) is 0 Å². The minimum atomic E-state index is -0.384. The Bertz CT molecular complexity index is 307. The van der Waals surface area contributed by atoms with Crippen molar-refractivity contribution in [3.8, 4) is 0 Å². The second-order valence-electron chi connectivity index (χ2n) is 4.07. The molecular formula is C12H19NO. The van der Waals surface area contributed by atoms with Crippen LogP contribution in [-0.4, -0.2) is 30.6 Å². The fourth-order valence-corrected chi connectivity index (χ4v) is 1.58. The lowest BCUT2D eigenvalue weighted by Crippen LogP contribution is -2.20. The van der Waals surface area contributed by atoms with Crippen molar-refractivity contribution in [2.45, 2.75) is 20.0 Å². The molecule has 0 aliphatic rings. The second kappa shape index (κ2) is 4.58. The number of hydrogen-bond donors (Lipinski definition) is 1. The zero-order chi connectivity index (χ0) is 10.7. The molecule has 1 N–H and O–H groups in total. The van der Waals surface area contributed by atoms with Crippen molar-refractivity contribution in [1.29, 1.82) is 0 Å². The van der Waals surface area contributed by atoms with Crippen LogP contribution >= 0.6 is 0 Å². The third kappa shape index (κ3) is 2.56. The summed E-state index contributed by atoms with van der Waals surface area (Å²) in [4.78, 5) is 1.99. The highest BCUT2D eigenvalue weighted by atomic mass is 16.3. The second-order valence-corrected chi connectivity index (χ2v) is 4.07. The van der Waals surface area contributed by atoms with E-state index in [0.717, 1.165) is 5.56 Å². The molecule has 0 radical (unpaired) electrons. The van der Waals surface area contributed by atoms with E-state index in [9.17, 15) is 5.11 Å². The predicted octanol–water partition coefficient (Wildman–Crippen LogP) is 1.90. The molecule has 1 aromatic rings. The van der Waals surface area contributed by atoms with Crippen LogP contribution < -0.4 is 0 Å². The maximum atomic E-state index is 9.95. The Morgan fingerprint density at radius 2 is 1.93 bits per heavy atom. The number of hydrogen-bond acceptors (Lipinski definition) is 2. The van der Waals surface area contributed by atoms with E-state index in [2.05, 4.69) is 19.9 Å². The molecule has 78 valence electrons. The van der Waals surface area contributed by atoms with Gasteiger partial charge in [-0.05, 0) is 44.6 Å². The average Bonchev–Trinajstić information content (AvgIpc) is 2.08. The average molecular weight is 193 g/mol. The Balaban J connectivity index is 2.89. The lowest BCUT2D eigenvalue weighted by atomic mass is 9.99. The lowest BCUT2D eigenvalue weighted by Gasteiger charge is -2.18. The fourth-order valence-electron chi connectivity index (χ4n) is 1.58. The molecule has 0 aliphatic carbocycles. The van der Waals surface area contributed by atoms with Gasteiger partial charge in [0.2, 0.25) is 0 Å². The number of likely N-dealkylation sites (N-methyl/N-ethyl adjacent to an activating group) is 1. The van der Waals surface area contributed by atoms with Crippen molar-refractivity contribution in [2.24, 2.45) is 0 Å². The van der Waals surface area contributed by atoms with Crippen molar-refractivity contribution in [1.82, 2.24) is 4.90 Å². The molecule has 1 aromatic carbocycles. The summed E-state index contributed by atoms with van der Waals surface area (Å²) in [5.41, 5.74) is 3.47. The first-order valence-electron chi connectivity index (χ1n) is 4.91. The molecule has 0 saturated heterocycles. The molecule has 0 bridgehead atoms. The first-order valence-corrected chi connectivity index (χ1v) is 4.91. The third-order valence-corrected chi connectivity index (χ3v) is 2.54. The van der Waals surface area contributed by atoms with Gasteiger partial charge in [0.25, 0.3) is 0 Å². The normalized spacial score (nSPS) is 13.3. The molecule has 2 heteroatoms.